The van der Waals surface area contributed by atoms with Gasteiger partial charge in [0, 0.05) is 16.1 Å². The van der Waals surface area contributed by atoms with Crippen molar-refractivity contribution >= 4 is 29.6 Å². The van der Waals surface area contributed by atoms with Gasteiger partial charge in [-0.3, -0.25) is 9.59 Å². The molecule has 2 aromatic rings. The number of rotatable bonds is 8. The first kappa shape index (κ1) is 23.4. The molecule has 0 aromatic heterocycles. The highest BCUT2D eigenvalue weighted by atomic mass is 35.5. The SMILES string of the molecule is CC(C)Oc1ccc(Cl)cc1C=NNC(=O)C(NC(=O)c1ccc2c(c1)OCO2)C(C)C. The van der Waals surface area contributed by atoms with E-state index < -0.39 is 17.9 Å². The van der Waals surface area contributed by atoms with Crippen molar-refractivity contribution in [1.82, 2.24) is 10.7 Å². The number of hydrazone groups is 1. The summed E-state index contributed by atoms with van der Waals surface area (Å²) in [5, 5.41) is 7.30. The second kappa shape index (κ2) is 10.4. The third-order valence-corrected chi connectivity index (χ3v) is 4.82. The molecule has 1 aliphatic rings. The largest absolute Gasteiger partial charge is 0.490 e. The number of amides is 2. The van der Waals surface area contributed by atoms with Crippen molar-refractivity contribution < 1.29 is 23.8 Å². The zero-order chi connectivity index (χ0) is 23.3. The fourth-order valence-electron chi connectivity index (χ4n) is 3.01. The summed E-state index contributed by atoms with van der Waals surface area (Å²) in [5.41, 5.74) is 3.47. The number of nitrogens with zero attached hydrogens (tertiary/aromatic N) is 1. The lowest BCUT2D eigenvalue weighted by molar-refractivity contribution is -0.123. The molecule has 1 heterocycles. The maximum absolute atomic E-state index is 12.7. The lowest BCUT2D eigenvalue weighted by atomic mass is 10.0. The van der Waals surface area contributed by atoms with Gasteiger partial charge in [0.1, 0.15) is 11.8 Å². The van der Waals surface area contributed by atoms with Crippen LogP contribution in [0, 0.1) is 5.92 Å². The number of hydrogen-bond donors (Lipinski definition) is 2. The Bertz CT molecular complexity index is 1020. The van der Waals surface area contributed by atoms with Crippen molar-refractivity contribution in [3.8, 4) is 17.2 Å². The molecule has 32 heavy (non-hydrogen) atoms. The van der Waals surface area contributed by atoms with Crippen molar-refractivity contribution in [1.29, 1.82) is 0 Å². The predicted octanol–water partition coefficient (Wildman–Crippen LogP) is 3.76. The van der Waals surface area contributed by atoms with Crippen LogP contribution in [0.15, 0.2) is 41.5 Å². The topological polar surface area (TPSA) is 98.2 Å². The second-order valence-electron chi connectivity index (χ2n) is 7.85. The van der Waals surface area contributed by atoms with Gasteiger partial charge >= 0.3 is 0 Å². The zero-order valence-electron chi connectivity index (χ0n) is 18.3. The molecule has 9 heteroatoms. The Morgan fingerprint density at radius 2 is 1.84 bits per heavy atom. The van der Waals surface area contributed by atoms with Gasteiger partial charge in [0.2, 0.25) is 6.79 Å². The minimum atomic E-state index is -0.796. The molecule has 8 nitrogen and oxygen atoms in total. The Balaban J connectivity index is 1.67. The number of halogens is 1. The highest BCUT2D eigenvalue weighted by molar-refractivity contribution is 6.30. The minimum Gasteiger partial charge on any atom is -0.490 e. The lowest BCUT2D eigenvalue weighted by Gasteiger charge is -2.20. The quantitative estimate of drug-likeness (QED) is 0.462. The van der Waals surface area contributed by atoms with E-state index in [1.807, 2.05) is 27.7 Å². The van der Waals surface area contributed by atoms with Gasteiger partial charge in [-0.1, -0.05) is 25.4 Å². The first-order chi connectivity index (χ1) is 15.2. The van der Waals surface area contributed by atoms with Gasteiger partial charge < -0.3 is 19.5 Å². The Labute approximate surface area is 191 Å². The Kier molecular flexibility index (Phi) is 7.58. The van der Waals surface area contributed by atoms with Crippen LogP contribution in [0.25, 0.3) is 0 Å². The normalized spacial score (nSPS) is 13.5. The third kappa shape index (κ3) is 5.91. The molecule has 0 bridgehead atoms. The molecule has 1 aliphatic heterocycles. The molecule has 170 valence electrons. The Morgan fingerprint density at radius 3 is 2.56 bits per heavy atom. The zero-order valence-corrected chi connectivity index (χ0v) is 19.1. The number of fused-ring (bicyclic) bond motifs is 1. The Morgan fingerprint density at radius 1 is 1.09 bits per heavy atom. The molecule has 2 N–H and O–H groups in total. The molecule has 0 saturated carbocycles. The van der Waals surface area contributed by atoms with Crippen LogP contribution < -0.4 is 25.0 Å². The van der Waals surface area contributed by atoms with E-state index in [2.05, 4.69) is 15.8 Å². The summed E-state index contributed by atoms with van der Waals surface area (Å²) in [6.45, 7) is 7.60. The van der Waals surface area contributed by atoms with E-state index in [-0.39, 0.29) is 18.8 Å². The van der Waals surface area contributed by atoms with Crippen LogP contribution in [0.4, 0.5) is 0 Å². The molecule has 0 saturated heterocycles. The van der Waals surface area contributed by atoms with Crippen LogP contribution in [0.5, 0.6) is 17.2 Å². The van der Waals surface area contributed by atoms with Gasteiger partial charge in [-0.15, -0.1) is 0 Å². The van der Waals surface area contributed by atoms with Gasteiger partial charge in [0.05, 0.1) is 12.3 Å². The van der Waals surface area contributed by atoms with E-state index in [0.29, 0.717) is 33.4 Å². The van der Waals surface area contributed by atoms with E-state index in [9.17, 15) is 9.59 Å². The number of carbonyl (C=O) groups excluding carboxylic acids is 2. The van der Waals surface area contributed by atoms with Crippen LogP contribution >= 0.6 is 11.6 Å². The number of ether oxygens (including phenoxy) is 3. The molecular weight excluding hydrogens is 434 g/mol. The van der Waals surface area contributed by atoms with E-state index >= 15 is 0 Å². The summed E-state index contributed by atoms with van der Waals surface area (Å²) >= 11 is 6.07. The third-order valence-electron chi connectivity index (χ3n) is 4.58. The number of nitrogens with one attached hydrogen (secondary N) is 2. The smallest absolute Gasteiger partial charge is 0.262 e. The number of benzene rings is 2. The summed E-state index contributed by atoms with van der Waals surface area (Å²) in [6.07, 6.45) is 1.42. The summed E-state index contributed by atoms with van der Waals surface area (Å²) in [6, 6.07) is 9.22. The standard InChI is InChI=1S/C23H26ClN3O5/c1-13(2)21(26-22(28)15-5-7-19-20(10-15)31-12-30-19)23(29)27-25-11-16-9-17(24)6-8-18(16)32-14(3)4/h5-11,13-14,21H,12H2,1-4H3,(H,26,28)(H,27,29). The average molecular weight is 460 g/mol. The van der Waals surface area contributed by atoms with Gasteiger partial charge in [0.25, 0.3) is 11.8 Å². The molecule has 1 atom stereocenters. The maximum atomic E-state index is 12.7. The Hall–Kier alpha value is -3.26. The summed E-state index contributed by atoms with van der Waals surface area (Å²) in [7, 11) is 0. The summed E-state index contributed by atoms with van der Waals surface area (Å²) in [5.74, 6) is 0.653. The summed E-state index contributed by atoms with van der Waals surface area (Å²) < 4.78 is 16.3. The molecule has 0 aliphatic carbocycles. The maximum Gasteiger partial charge on any atom is 0.262 e. The number of hydrogen-bond acceptors (Lipinski definition) is 6. The van der Waals surface area contributed by atoms with Crippen molar-refractivity contribution in [2.24, 2.45) is 11.0 Å². The van der Waals surface area contributed by atoms with Gasteiger partial charge in [-0.05, 0) is 56.2 Å². The highest BCUT2D eigenvalue weighted by Gasteiger charge is 2.25. The predicted molar refractivity (Wildman–Crippen MR) is 122 cm³/mol. The summed E-state index contributed by atoms with van der Waals surface area (Å²) in [4.78, 5) is 25.4. The molecule has 3 rings (SSSR count). The van der Waals surface area contributed by atoms with E-state index in [1.54, 1.807) is 36.4 Å². The lowest BCUT2D eigenvalue weighted by Crippen LogP contribution is -2.48. The molecular formula is C23H26ClN3O5. The molecule has 2 aromatic carbocycles. The minimum absolute atomic E-state index is 0.0328. The van der Waals surface area contributed by atoms with Gasteiger partial charge in [-0.2, -0.15) is 5.10 Å². The first-order valence-corrected chi connectivity index (χ1v) is 10.6. The fourth-order valence-corrected chi connectivity index (χ4v) is 3.19. The molecule has 0 spiro atoms. The van der Waals surface area contributed by atoms with Crippen LogP contribution in [0.2, 0.25) is 5.02 Å². The van der Waals surface area contributed by atoms with E-state index in [4.69, 9.17) is 25.8 Å². The van der Waals surface area contributed by atoms with Crippen molar-refractivity contribution in [2.75, 3.05) is 6.79 Å². The van der Waals surface area contributed by atoms with Crippen molar-refractivity contribution in [3.63, 3.8) is 0 Å². The average Bonchev–Trinajstić information content (AvgIpc) is 3.21. The first-order valence-electron chi connectivity index (χ1n) is 10.2. The van der Waals surface area contributed by atoms with Crippen LogP contribution in [-0.4, -0.2) is 37.0 Å². The molecule has 0 fully saturated rings. The highest BCUT2D eigenvalue weighted by Crippen LogP contribution is 2.32. The van der Waals surface area contributed by atoms with Crippen LogP contribution in [0.3, 0.4) is 0 Å². The van der Waals surface area contributed by atoms with E-state index in [0.717, 1.165) is 0 Å². The van der Waals surface area contributed by atoms with Gasteiger partial charge in [0.15, 0.2) is 11.5 Å². The van der Waals surface area contributed by atoms with Crippen LogP contribution in [-0.2, 0) is 4.79 Å². The van der Waals surface area contributed by atoms with E-state index in [1.165, 1.54) is 6.21 Å². The van der Waals surface area contributed by atoms with Gasteiger partial charge in [-0.25, -0.2) is 5.43 Å². The molecule has 1 unspecified atom stereocenters. The second-order valence-corrected chi connectivity index (χ2v) is 8.28. The molecule has 0 radical (unpaired) electrons. The molecule has 2 amide bonds. The fraction of sp³-hybridized carbons (Fsp3) is 0.348. The number of carbonyl (C=O) groups is 2. The van der Waals surface area contributed by atoms with Crippen molar-refractivity contribution in [2.45, 2.75) is 39.8 Å². The van der Waals surface area contributed by atoms with Crippen LogP contribution in [0.1, 0.15) is 43.6 Å². The monoisotopic (exact) mass is 459 g/mol. The van der Waals surface area contributed by atoms with Crippen molar-refractivity contribution in [3.05, 3.63) is 52.5 Å².